The minimum atomic E-state index is -0.334. The van der Waals surface area contributed by atoms with Crippen molar-refractivity contribution in [2.24, 2.45) is 5.10 Å². The number of carbonyl (C=O) groups excluding carboxylic acids is 1. The standard InChI is InChI=1S/C19H19N5O2/c1-13-5-4-6-18(11-13)24-19(26)23(14(2)22-24)20-12-16-7-9-17(10-8-16)21-15(3)25/h4-12H,1-3H3,(H,21,25)/b20-12+. The highest BCUT2D eigenvalue weighted by Gasteiger charge is 2.10. The molecule has 0 unspecified atom stereocenters. The SMILES string of the molecule is CC(=O)Nc1ccc(/C=N/n2c(C)nn(-c3cccc(C)c3)c2=O)cc1. The normalized spacial score (nSPS) is 11.0. The third-order valence-electron chi connectivity index (χ3n) is 3.71. The number of nitrogens with zero attached hydrogens (tertiary/aromatic N) is 4. The van der Waals surface area contributed by atoms with E-state index < -0.39 is 0 Å². The second kappa shape index (κ2) is 7.18. The van der Waals surface area contributed by atoms with Crippen LogP contribution in [-0.4, -0.2) is 26.6 Å². The molecule has 7 heteroatoms. The van der Waals surface area contributed by atoms with E-state index in [-0.39, 0.29) is 11.6 Å². The molecule has 1 amide bonds. The molecule has 0 aliphatic heterocycles. The lowest BCUT2D eigenvalue weighted by Gasteiger charge is -2.01. The largest absolute Gasteiger partial charge is 0.371 e. The molecule has 0 spiro atoms. The molecular formula is C19H19N5O2. The predicted octanol–water partition coefficient (Wildman–Crippen LogP) is 2.49. The average Bonchev–Trinajstić information content (AvgIpc) is 2.88. The van der Waals surface area contributed by atoms with Crippen molar-refractivity contribution in [1.29, 1.82) is 0 Å². The van der Waals surface area contributed by atoms with Crippen LogP contribution in [0.2, 0.25) is 0 Å². The van der Waals surface area contributed by atoms with Crippen LogP contribution in [0.1, 0.15) is 23.9 Å². The maximum atomic E-state index is 12.6. The van der Waals surface area contributed by atoms with E-state index in [1.165, 1.54) is 16.3 Å². The number of aromatic nitrogens is 3. The number of nitrogens with one attached hydrogen (secondary N) is 1. The summed E-state index contributed by atoms with van der Waals surface area (Å²) in [5.74, 6) is 0.361. The van der Waals surface area contributed by atoms with Gasteiger partial charge in [0.15, 0.2) is 5.82 Å². The Kier molecular flexibility index (Phi) is 4.79. The van der Waals surface area contributed by atoms with Crippen molar-refractivity contribution in [2.45, 2.75) is 20.8 Å². The highest BCUT2D eigenvalue weighted by Crippen LogP contribution is 2.09. The van der Waals surface area contributed by atoms with E-state index in [1.54, 1.807) is 37.4 Å². The molecule has 1 aromatic heterocycles. The molecule has 3 aromatic rings. The first kappa shape index (κ1) is 17.3. The lowest BCUT2D eigenvalue weighted by atomic mass is 10.2. The van der Waals surface area contributed by atoms with Crippen LogP contribution in [0.4, 0.5) is 5.69 Å². The summed E-state index contributed by atoms with van der Waals surface area (Å²) in [4.78, 5) is 23.6. The summed E-state index contributed by atoms with van der Waals surface area (Å²) in [7, 11) is 0. The summed E-state index contributed by atoms with van der Waals surface area (Å²) < 4.78 is 2.59. The Morgan fingerprint density at radius 3 is 2.54 bits per heavy atom. The Hall–Kier alpha value is -3.48. The fourth-order valence-corrected chi connectivity index (χ4v) is 2.50. The monoisotopic (exact) mass is 349 g/mol. The molecule has 0 saturated carbocycles. The molecule has 2 aromatic carbocycles. The number of benzene rings is 2. The van der Waals surface area contributed by atoms with Crippen LogP contribution in [0.25, 0.3) is 5.69 Å². The van der Waals surface area contributed by atoms with E-state index in [0.29, 0.717) is 17.2 Å². The molecule has 0 atom stereocenters. The number of aryl methyl sites for hydroxylation is 2. The summed E-state index contributed by atoms with van der Waals surface area (Å²) in [6, 6.07) is 14.7. The Morgan fingerprint density at radius 1 is 1.15 bits per heavy atom. The molecule has 1 N–H and O–H groups in total. The van der Waals surface area contributed by atoms with Crippen molar-refractivity contribution in [3.8, 4) is 5.69 Å². The number of carbonyl (C=O) groups is 1. The first-order valence-electron chi connectivity index (χ1n) is 8.12. The molecular weight excluding hydrogens is 330 g/mol. The van der Waals surface area contributed by atoms with Crippen molar-refractivity contribution < 1.29 is 4.79 Å². The average molecular weight is 349 g/mol. The second-order valence-electron chi connectivity index (χ2n) is 5.94. The zero-order valence-electron chi connectivity index (χ0n) is 14.8. The van der Waals surface area contributed by atoms with Gasteiger partial charge in [-0.1, -0.05) is 24.3 Å². The van der Waals surface area contributed by atoms with Gasteiger partial charge < -0.3 is 5.32 Å². The molecule has 132 valence electrons. The van der Waals surface area contributed by atoms with Crippen LogP contribution in [0.5, 0.6) is 0 Å². The third-order valence-corrected chi connectivity index (χ3v) is 3.71. The molecule has 1 heterocycles. The lowest BCUT2D eigenvalue weighted by Crippen LogP contribution is -2.22. The van der Waals surface area contributed by atoms with Crippen LogP contribution in [0, 0.1) is 13.8 Å². The zero-order valence-corrected chi connectivity index (χ0v) is 14.8. The molecule has 26 heavy (non-hydrogen) atoms. The van der Waals surface area contributed by atoms with Crippen LogP contribution < -0.4 is 11.0 Å². The Balaban J connectivity index is 1.87. The van der Waals surface area contributed by atoms with Crippen molar-refractivity contribution in [1.82, 2.24) is 14.5 Å². The smallest absolute Gasteiger partial charge is 0.326 e. The fraction of sp³-hybridized carbons (Fsp3) is 0.158. The molecule has 3 rings (SSSR count). The summed E-state index contributed by atoms with van der Waals surface area (Å²) in [6.07, 6.45) is 1.58. The molecule has 0 aliphatic rings. The van der Waals surface area contributed by atoms with Gasteiger partial charge in [-0.15, -0.1) is 5.10 Å². The van der Waals surface area contributed by atoms with E-state index in [1.807, 2.05) is 31.2 Å². The van der Waals surface area contributed by atoms with Crippen LogP contribution in [0.3, 0.4) is 0 Å². The van der Waals surface area contributed by atoms with Gasteiger partial charge in [0.25, 0.3) is 0 Å². The van der Waals surface area contributed by atoms with Crippen molar-refractivity contribution in [2.75, 3.05) is 5.32 Å². The number of hydrogen-bond donors (Lipinski definition) is 1. The zero-order chi connectivity index (χ0) is 18.7. The second-order valence-corrected chi connectivity index (χ2v) is 5.94. The highest BCUT2D eigenvalue weighted by molar-refractivity contribution is 5.89. The summed E-state index contributed by atoms with van der Waals surface area (Å²) in [6.45, 7) is 5.14. The molecule has 0 radical (unpaired) electrons. The van der Waals surface area contributed by atoms with E-state index in [0.717, 1.165) is 11.1 Å². The van der Waals surface area contributed by atoms with Gasteiger partial charge in [-0.2, -0.15) is 14.5 Å². The minimum Gasteiger partial charge on any atom is -0.326 e. The van der Waals surface area contributed by atoms with Gasteiger partial charge >= 0.3 is 5.69 Å². The van der Waals surface area contributed by atoms with Gasteiger partial charge in [0, 0.05) is 12.6 Å². The number of hydrogen-bond acceptors (Lipinski definition) is 4. The van der Waals surface area contributed by atoms with Crippen molar-refractivity contribution in [3.63, 3.8) is 0 Å². The van der Waals surface area contributed by atoms with Gasteiger partial charge in [0.1, 0.15) is 0 Å². The van der Waals surface area contributed by atoms with Crippen molar-refractivity contribution >= 4 is 17.8 Å². The van der Waals surface area contributed by atoms with Crippen LogP contribution in [-0.2, 0) is 4.79 Å². The molecule has 0 aliphatic carbocycles. The summed E-state index contributed by atoms with van der Waals surface area (Å²) >= 11 is 0. The topological polar surface area (TPSA) is 81.3 Å². The van der Waals surface area contributed by atoms with Gasteiger partial charge in [-0.05, 0) is 49.2 Å². The quantitative estimate of drug-likeness (QED) is 0.735. The van der Waals surface area contributed by atoms with Gasteiger partial charge in [0.2, 0.25) is 5.91 Å². The van der Waals surface area contributed by atoms with Crippen molar-refractivity contribution in [3.05, 3.63) is 76.0 Å². The van der Waals surface area contributed by atoms with E-state index in [9.17, 15) is 9.59 Å². The van der Waals surface area contributed by atoms with Gasteiger partial charge in [-0.25, -0.2) is 4.79 Å². The Labute approximate surface area is 150 Å². The van der Waals surface area contributed by atoms with Gasteiger partial charge in [-0.3, -0.25) is 4.79 Å². The number of anilines is 1. The third kappa shape index (κ3) is 3.77. The number of rotatable bonds is 4. The summed E-state index contributed by atoms with van der Waals surface area (Å²) in [5, 5.41) is 11.2. The maximum Gasteiger partial charge on any atom is 0.371 e. The fourth-order valence-electron chi connectivity index (χ4n) is 2.50. The first-order valence-corrected chi connectivity index (χ1v) is 8.12. The van der Waals surface area contributed by atoms with Gasteiger partial charge in [0.05, 0.1) is 11.9 Å². The predicted molar refractivity (Wildman–Crippen MR) is 101 cm³/mol. The lowest BCUT2D eigenvalue weighted by molar-refractivity contribution is -0.114. The van der Waals surface area contributed by atoms with E-state index >= 15 is 0 Å². The Morgan fingerprint density at radius 2 is 1.88 bits per heavy atom. The molecule has 0 fully saturated rings. The first-order chi connectivity index (χ1) is 12.4. The van der Waals surface area contributed by atoms with E-state index in [2.05, 4.69) is 15.5 Å². The molecule has 0 saturated heterocycles. The minimum absolute atomic E-state index is 0.128. The molecule has 7 nitrogen and oxygen atoms in total. The van der Waals surface area contributed by atoms with Crippen LogP contribution in [0.15, 0.2) is 58.4 Å². The van der Waals surface area contributed by atoms with Crippen LogP contribution >= 0.6 is 0 Å². The maximum absolute atomic E-state index is 12.6. The number of amides is 1. The highest BCUT2D eigenvalue weighted by atomic mass is 16.2. The Bertz CT molecular complexity index is 1030. The van der Waals surface area contributed by atoms with E-state index in [4.69, 9.17) is 0 Å². The molecule has 0 bridgehead atoms. The summed E-state index contributed by atoms with van der Waals surface area (Å²) in [5.41, 5.74) is 2.92.